The molecule has 2 aromatic heterocycles. The molecule has 3 aromatic rings. The van der Waals surface area contributed by atoms with Crippen LogP contribution in [0, 0.1) is 5.82 Å². The second kappa shape index (κ2) is 14.4. The number of aliphatic hydroxyl groups is 1. The van der Waals surface area contributed by atoms with Gasteiger partial charge >= 0.3 is 0 Å². The van der Waals surface area contributed by atoms with Crippen LogP contribution in [0.1, 0.15) is 64.3 Å². The summed E-state index contributed by atoms with van der Waals surface area (Å²) in [7, 11) is 1.65. The first-order chi connectivity index (χ1) is 22.8. The largest absolute Gasteiger partial charge is 0.392 e. The first-order valence-corrected chi connectivity index (χ1v) is 17.4. The summed E-state index contributed by atoms with van der Waals surface area (Å²) < 4.78 is 22.4. The van der Waals surface area contributed by atoms with Crippen LogP contribution in [-0.4, -0.2) is 53.3 Å². The quantitative estimate of drug-likeness (QED) is 0.262. The van der Waals surface area contributed by atoms with Gasteiger partial charge in [0.2, 0.25) is 0 Å². The Balaban J connectivity index is 1.33. The molecule has 0 atom stereocenters. The summed E-state index contributed by atoms with van der Waals surface area (Å²) in [6.45, 7) is 7.05. The van der Waals surface area contributed by atoms with E-state index in [1.165, 1.54) is 27.1 Å². The molecular formula is C37H43FN4O4S. The maximum absolute atomic E-state index is 15.4. The van der Waals surface area contributed by atoms with Crippen LogP contribution in [0.15, 0.2) is 64.9 Å². The lowest BCUT2D eigenvalue weighted by molar-refractivity contribution is 0.0553. The molecule has 1 saturated heterocycles. The first-order valence-electron chi connectivity index (χ1n) is 16.6. The number of aryl methyl sites for hydroxylation is 2. The molecule has 4 heterocycles. The molecule has 0 radical (unpaired) electrons. The number of aromatic nitrogens is 1. The van der Waals surface area contributed by atoms with Crippen molar-refractivity contribution in [2.75, 3.05) is 43.1 Å². The van der Waals surface area contributed by atoms with Crippen LogP contribution >= 0.6 is 11.3 Å². The lowest BCUT2D eigenvalue weighted by atomic mass is 9.91. The maximum atomic E-state index is 15.4. The molecule has 2 N–H and O–H groups in total. The highest BCUT2D eigenvalue weighted by molar-refractivity contribution is 7.14. The fourth-order valence-corrected chi connectivity index (χ4v) is 8.29. The minimum Gasteiger partial charge on any atom is -0.392 e. The molecule has 0 bridgehead atoms. The number of thiophene rings is 1. The fourth-order valence-electron chi connectivity index (χ4n) is 6.90. The van der Waals surface area contributed by atoms with Crippen LogP contribution in [0.25, 0.3) is 11.1 Å². The van der Waals surface area contributed by atoms with Gasteiger partial charge in [-0.3, -0.25) is 9.59 Å². The normalized spacial score (nSPS) is 17.3. The number of ether oxygens (including phenoxy) is 1. The summed E-state index contributed by atoms with van der Waals surface area (Å²) in [6.07, 6.45) is 15.4. The number of hydrogen-bond donors (Lipinski definition) is 2. The summed E-state index contributed by atoms with van der Waals surface area (Å²) in [6, 6.07) is 4.40. The van der Waals surface area contributed by atoms with Gasteiger partial charge in [0, 0.05) is 60.3 Å². The number of carbonyl (C=O) groups is 1. The number of hydrogen-bond acceptors (Lipinski definition) is 7. The van der Waals surface area contributed by atoms with Crippen molar-refractivity contribution in [3.63, 3.8) is 0 Å². The monoisotopic (exact) mass is 658 g/mol. The Morgan fingerprint density at radius 2 is 1.85 bits per heavy atom. The summed E-state index contributed by atoms with van der Waals surface area (Å²) in [5, 5.41) is 14.0. The lowest BCUT2D eigenvalue weighted by Gasteiger charge is -2.30. The molecule has 10 heteroatoms. The van der Waals surface area contributed by atoms with E-state index < -0.39 is 12.4 Å². The highest BCUT2D eigenvalue weighted by Gasteiger charge is 2.33. The predicted molar refractivity (Wildman–Crippen MR) is 187 cm³/mol. The van der Waals surface area contributed by atoms with Gasteiger partial charge in [0.05, 0.1) is 30.4 Å². The number of halogens is 1. The molecule has 0 unspecified atom stereocenters. The molecule has 1 aromatic carbocycles. The zero-order valence-electron chi connectivity index (χ0n) is 27.4. The van der Waals surface area contributed by atoms with Gasteiger partial charge in [-0.15, -0.1) is 11.3 Å². The highest BCUT2D eigenvalue weighted by atomic mass is 32.1. The molecule has 6 rings (SSSR count). The van der Waals surface area contributed by atoms with Gasteiger partial charge in [-0.05, 0) is 92.5 Å². The zero-order chi connectivity index (χ0) is 33.1. The van der Waals surface area contributed by atoms with Crippen molar-refractivity contribution >= 4 is 28.6 Å². The molecule has 3 aliphatic rings. The number of aliphatic hydroxyl groups excluding tert-OH is 1. The van der Waals surface area contributed by atoms with Crippen molar-refractivity contribution < 1.29 is 19.0 Å². The molecule has 0 saturated carbocycles. The van der Waals surface area contributed by atoms with Gasteiger partial charge < -0.3 is 29.5 Å². The lowest BCUT2D eigenvalue weighted by Crippen LogP contribution is -2.37. The summed E-state index contributed by atoms with van der Waals surface area (Å²) in [4.78, 5) is 33.2. The van der Waals surface area contributed by atoms with Crippen molar-refractivity contribution in [1.29, 1.82) is 0 Å². The van der Waals surface area contributed by atoms with E-state index in [0.29, 0.717) is 54.2 Å². The Kier molecular flexibility index (Phi) is 10.1. The molecular weight excluding hydrogens is 615 g/mol. The van der Waals surface area contributed by atoms with Gasteiger partial charge in [0.25, 0.3) is 11.5 Å². The van der Waals surface area contributed by atoms with Gasteiger partial charge in [-0.25, -0.2) is 4.39 Å². The van der Waals surface area contributed by atoms with Crippen molar-refractivity contribution in [3.05, 3.63) is 103 Å². The first kappa shape index (κ1) is 32.9. The summed E-state index contributed by atoms with van der Waals surface area (Å²) in [5.41, 5.74) is 6.19. The standard InChI is InChI=1S/C37H43FN4O4S/c1-4-8-26(11-12-27(5-2)41-15-17-46-18-16-41)39-32-19-24(22-40(3)36(32)44)30-20-25(38)21-33(31(30)23-43)42-14-13-29-28-9-6-7-10-34(28)47-35(29)37(42)45/h5,8,11-12,19-22,39,43H,4,6-7,9-10,13-18,23H2,1-3H3/b12-11-,26-8-,27-5+. The van der Waals surface area contributed by atoms with Gasteiger partial charge in [0.15, 0.2) is 0 Å². The third-order valence-electron chi connectivity index (χ3n) is 9.25. The average Bonchev–Trinajstić information content (AvgIpc) is 3.47. The van der Waals surface area contributed by atoms with E-state index >= 15 is 4.39 Å². The number of morpholine rings is 1. The van der Waals surface area contributed by atoms with Crippen molar-refractivity contribution in [1.82, 2.24) is 9.47 Å². The van der Waals surface area contributed by atoms with Crippen LogP contribution in [0.4, 0.5) is 15.8 Å². The van der Waals surface area contributed by atoms with Crippen LogP contribution in [0.3, 0.4) is 0 Å². The van der Waals surface area contributed by atoms with E-state index in [4.69, 9.17) is 4.74 Å². The Morgan fingerprint density at radius 1 is 1.06 bits per heavy atom. The molecule has 47 heavy (non-hydrogen) atoms. The van der Waals surface area contributed by atoms with Crippen molar-refractivity contribution in [2.45, 2.75) is 59.0 Å². The zero-order valence-corrected chi connectivity index (χ0v) is 28.2. The van der Waals surface area contributed by atoms with Gasteiger partial charge in [0.1, 0.15) is 11.5 Å². The van der Waals surface area contributed by atoms with Gasteiger partial charge in [-0.2, -0.15) is 0 Å². The molecule has 1 fully saturated rings. The van der Waals surface area contributed by atoms with Crippen LogP contribution < -0.4 is 15.8 Å². The van der Waals surface area contributed by atoms with E-state index in [1.807, 2.05) is 32.1 Å². The second-order valence-electron chi connectivity index (χ2n) is 12.2. The van der Waals surface area contributed by atoms with Crippen molar-refractivity contribution in [3.8, 4) is 11.1 Å². The third kappa shape index (κ3) is 6.72. The maximum Gasteiger partial charge on any atom is 0.274 e. The number of amides is 1. The molecule has 1 aliphatic carbocycles. The number of pyridine rings is 1. The molecule has 8 nitrogen and oxygen atoms in total. The minimum atomic E-state index is -0.517. The van der Waals surface area contributed by atoms with E-state index in [0.717, 1.165) is 67.0 Å². The Hall–Kier alpha value is -3.99. The number of benzene rings is 1. The Labute approximate surface area is 279 Å². The third-order valence-corrected chi connectivity index (χ3v) is 10.6. The van der Waals surface area contributed by atoms with Crippen LogP contribution in [0.2, 0.25) is 0 Å². The number of allylic oxidation sites excluding steroid dienone is 4. The highest BCUT2D eigenvalue weighted by Crippen LogP contribution is 2.41. The Bertz CT molecular complexity index is 1820. The van der Waals surface area contributed by atoms with E-state index in [-0.39, 0.29) is 11.5 Å². The number of fused-ring (bicyclic) bond motifs is 3. The number of rotatable bonds is 9. The molecule has 248 valence electrons. The number of nitrogens with zero attached hydrogens (tertiary/aromatic N) is 3. The smallest absolute Gasteiger partial charge is 0.274 e. The van der Waals surface area contributed by atoms with E-state index in [9.17, 15) is 14.7 Å². The number of anilines is 2. The minimum absolute atomic E-state index is 0.140. The molecule has 0 spiro atoms. The second-order valence-corrected chi connectivity index (χ2v) is 13.3. The van der Waals surface area contributed by atoms with E-state index in [1.54, 1.807) is 35.5 Å². The molecule has 1 amide bonds. The molecule has 2 aliphatic heterocycles. The van der Waals surface area contributed by atoms with E-state index in [2.05, 4.69) is 16.3 Å². The topological polar surface area (TPSA) is 87.0 Å². The van der Waals surface area contributed by atoms with Crippen molar-refractivity contribution in [2.24, 2.45) is 7.05 Å². The SMILES string of the molecule is C\C=C(/C=C\C(=C\CC)Nc1cc(-c2cc(F)cc(N3CCc4c(sc5c4CCCC5)C3=O)c2CO)cn(C)c1=O)N1CCOCC1. The van der Waals surface area contributed by atoms with Crippen LogP contribution in [-0.2, 0) is 37.7 Å². The number of carbonyl (C=O) groups excluding carboxylic acids is 1. The summed E-state index contributed by atoms with van der Waals surface area (Å²) in [5.74, 6) is -0.658. The number of nitrogens with one attached hydrogen (secondary N) is 1. The Morgan fingerprint density at radius 3 is 2.60 bits per heavy atom. The average molecular weight is 659 g/mol. The fraction of sp³-hybridized carbons (Fsp3) is 0.405. The summed E-state index contributed by atoms with van der Waals surface area (Å²) >= 11 is 1.58. The van der Waals surface area contributed by atoms with Gasteiger partial charge in [-0.1, -0.05) is 19.1 Å². The predicted octanol–water partition coefficient (Wildman–Crippen LogP) is 6.32. The van der Waals surface area contributed by atoms with Crippen LogP contribution in [0.5, 0.6) is 0 Å².